The lowest BCUT2D eigenvalue weighted by Gasteiger charge is -2.29. The van der Waals surface area contributed by atoms with E-state index in [1.165, 1.54) is 6.07 Å². The van der Waals surface area contributed by atoms with Crippen LogP contribution in [0.4, 0.5) is 24.7 Å². The van der Waals surface area contributed by atoms with Crippen LogP contribution in [0.3, 0.4) is 0 Å². The Kier molecular flexibility index (Phi) is 5.32. The summed E-state index contributed by atoms with van der Waals surface area (Å²) in [7, 11) is 0. The zero-order valence-corrected chi connectivity index (χ0v) is 22.4. The van der Waals surface area contributed by atoms with E-state index in [2.05, 4.69) is 15.3 Å². The summed E-state index contributed by atoms with van der Waals surface area (Å²) in [4.78, 5) is 20.1. The molecule has 1 N–H and O–H groups in total. The van der Waals surface area contributed by atoms with Crippen molar-refractivity contribution in [2.45, 2.75) is 50.2 Å². The van der Waals surface area contributed by atoms with Gasteiger partial charge in [0, 0.05) is 31.3 Å². The highest BCUT2D eigenvalue weighted by Crippen LogP contribution is 2.66. The van der Waals surface area contributed by atoms with E-state index in [9.17, 15) is 9.18 Å². The van der Waals surface area contributed by atoms with Gasteiger partial charge in [0.15, 0.2) is 11.5 Å². The van der Waals surface area contributed by atoms with Gasteiger partial charge in [0.1, 0.15) is 23.4 Å². The second-order valence-corrected chi connectivity index (χ2v) is 11.7. The monoisotopic (exact) mass is 563 g/mol. The Balaban J connectivity index is 1.14. The summed E-state index contributed by atoms with van der Waals surface area (Å²) in [5.74, 6) is -0.470. The molecule has 1 saturated heterocycles. The molecule has 1 aromatic carbocycles. The zero-order valence-electron chi connectivity index (χ0n) is 22.4. The molecule has 4 heterocycles. The number of hydrogen-bond acceptors (Lipinski definition) is 6. The van der Waals surface area contributed by atoms with E-state index in [0.717, 1.165) is 40.9 Å². The molecule has 1 amide bonds. The predicted octanol–water partition coefficient (Wildman–Crippen LogP) is 4.60. The molecule has 3 aliphatic carbocycles. The van der Waals surface area contributed by atoms with Crippen LogP contribution in [0.1, 0.15) is 53.3 Å². The molecule has 0 bridgehead atoms. The van der Waals surface area contributed by atoms with Crippen LogP contribution in [0, 0.1) is 24.6 Å². The molecule has 41 heavy (non-hydrogen) atoms. The van der Waals surface area contributed by atoms with E-state index < -0.39 is 29.4 Å². The van der Waals surface area contributed by atoms with Crippen LogP contribution in [0.15, 0.2) is 30.5 Å². The van der Waals surface area contributed by atoms with Crippen LogP contribution in [0.25, 0.3) is 16.8 Å². The number of aromatic nitrogens is 5. The van der Waals surface area contributed by atoms with Gasteiger partial charge in [0.25, 0.3) is 5.91 Å². The molecule has 8 rings (SSSR count). The van der Waals surface area contributed by atoms with E-state index >= 15 is 8.78 Å². The zero-order chi connectivity index (χ0) is 28.0. The maximum Gasteiger partial charge on any atom is 0.262 e. The molecular weight excluding hydrogens is 535 g/mol. The van der Waals surface area contributed by atoms with Crippen LogP contribution < -0.4 is 10.2 Å². The van der Waals surface area contributed by atoms with E-state index in [-0.39, 0.29) is 23.6 Å². The van der Waals surface area contributed by atoms with Crippen molar-refractivity contribution in [3.8, 4) is 11.1 Å². The summed E-state index contributed by atoms with van der Waals surface area (Å²) in [6.45, 7) is 4.41. The molecule has 0 radical (unpaired) electrons. The summed E-state index contributed by atoms with van der Waals surface area (Å²) in [5.41, 5.74) is 1.82. The smallest absolute Gasteiger partial charge is 0.262 e. The average Bonchev–Trinajstić information content (AvgIpc) is 3.82. The Morgan fingerprint density at radius 3 is 2.63 bits per heavy atom. The molecule has 212 valence electrons. The molecule has 9 nitrogen and oxygen atoms in total. The number of ether oxygens (including phenoxy) is 1. The van der Waals surface area contributed by atoms with Crippen LogP contribution in [0.2, 0.25) is 0 Å². The second-order valence-electron chi connectivity index (χ2n) is 11.7. The van der Waals surface area contributed by atoms with Crippen molar-refractivity contribution in [3.63, 3.8) is 0 Å². The van der Waals surface area contributed by atoms with Crippen molar-refractivity contribution in [2.75, 3.05) is 36.5 Å². The summed E-state index contributed by atoms with van der Waals surface area (Å²) in [6.07, 6.45) is 3.02. The summed E-state index contributed by atoms with van der Waals surface area (Å²) >= 11 is 0. The minimum Gasteiger partial charge on any atom is -0.378 e. The van der Waals surface area contributed by atoms with Crippen molar-refractivity contribution >= 4 is 23.1 Å². The first-order valence-corrected chi connectivity index (χ1v) is 14.1. The van der Waals surface area contributed by atoms with Gasteiger partial charge < -0.3 is 15.0 Å². The molecule has 3 atom stereocenters. The molecule has 0 spiro atoms. The predicted molar refractivity (Wildman–Crippen MR) is 144 cm³/mol. The first-order valence-electron chi connectivity index (χ1n) is 14.1. The number of nitrogens with one attached hydrogen (secondary N) is 1. The standard InChI is InChI=1S/C29H28F3N7O2/c1-15-8-21(30)23(34-28(40)19-14-33-39(26(19)32)29-12-20(29)22(31)13-29)11-18(15)17-9-24-35-27(16-2-3-16)36-38(24)25(10-17)37-4-6-41-7-5-37/h8-11,14,16,20,22H,2-7,12-13H2,1H3,(H,34,40). The van der Waals surface area contributed by atoms with Crippen LogP contribution in [0.5, 0.6) is 0 Å². The Morgan fingerprint density at radius 2 is 1.93 bits per heavy atom. The van der Waals surface area contributed by atoms with Crippen LogP contribution >= 0.6 is 0 Å². The number of halogens is 3. The third kappa shape index (κ3) is 3.87. The quantitative estimate of drug-likeness (QED) is 0.369. The van der Waals surface area contributed by atoms with Gasteiger partial charge in [-0.2, -0.15) is 14.0 Å². The van der Waals surface area contributed by atoms with Crippen molar-refractivity contribution in [1.82, 2.24) is 24.4 Å². The Hall–Kier alpha value is -3.93. The van der Waals surface area contributed by atoms with Crippen molar-refractivity contribution in [3.05, 3.63) is 59.2 Å². The van der Waals surface area contributed by atoms with Gasteiger partial charge in [-0.1, -0.05) is 0 Å². The molecule has 4 fully saturated rings. The fraction of sp³-hybridized carbons (Fsp3) is 0.448. The van der Waals surface area contributed by atoms with Crippen molar-refractivity contribution in [2.24, 2.45) is 5.92 Å². The minimum atomic E-state index is -0.961. The van der Waals surface area contributed by atoms with Gasteiger partial charge in [0.2, 0.25) is 5.95 Å². The molecule has 12 heteroatoms. The van der Waals surface area contributed by atoms with Crippen molar-refractivity contribution < 1.29 is 22.7 Å². The van der Waals surface area contributed by atoms with Gasteiger partial charge in [0.05, 0.1) is 30.6 Å². The molecule has 3 unspecified atom stereocenters. The number of carbonyl (C=O) groups is 1. The van der Waals surface area contributed by atoms with Crippen molar-refractivity contribution in [1.29, 1.82) is 0 Å². The largest absolute Gasteiger partial charge is 0.378 e. The first kappa shape index (κ1) is 24.8. The number of rotatable bonds is 6. The van der Waals surface area contributed by atoms with E-state index in [0.29, 0.717) is 55.4 Å². The highest BCUT2D eigenvalue weighted by Gasteiger charge is 2.71. The lowest BCUT2D eigenvalue weighted by molar-refractivity contribution is 0.0999. The van der Waals surface area contributed by atoms with Gasteiger partial charge in [-0.05, 0) is 67.1 Å². The van der Waals surface area contributed by atoms with Gasteiger partial charge >= 0.3 is 0 Å². The minimum absolute atomic E-state index is 0.0781. The number of fused-ring (bicyclic) bond motifs is 2. The number of hydrogen-bond donors (Lipinski definition) is 1. The normalized spacial score (nSPS) is 25.2. The molecule has 4 aromatic rings. The number of morpholine rings is 1. The summed E-state index contributed by atoms with van der Waals surface area (Å²) in [6, 6.07) is 6.83. The van der Waals surface area contributed by atoms with Gasteiger partial charge in [-0.3, -0.25) is 4.79 Å². The average molecular weight is 564 g/mol. The third-order valence-corrected chi connectivity index (χ3v) is 9.05. The molecule has 3 aromatic heterocycles. The third-order valence-electron chi connectivity index (χ3n) is 9.05. The maximum absolute atomic E-state index is 15.2. The Morgan fingerprint density at radius 1 is 1.12 bits per heavy atom. The number of benzene rings is 1. The topological polar surface area (TPSA) is 89.6 Å². The lowest BCUT2D eigenvalue weighted by atomic mass is 9.91. The summed E-state index contributed by atoms with van der Waals surface area (Å²) < 4.78 is 52.5. The number of pyridine rings is 1. The lowest BCUT2D eigenvalue weighted by Crippen LogP contribution is -2.38. The SMILES string of the molecule is Cc1cc(F)c(NC(=O)c2cnn(C34CC(F)C3C4)c2F)cc1-c1cc(N2CCOCC2)n2nc(C3CC3)nc2c1. The highest BCUT2D eigenvalue weighted by molar-refractivity contribution is 6.04. The van der Waals surface area contributed by atoms with E-state index in [1.807, 2.05) is 16.6 Å². The number of aryl methyl sites for hydroxylation is 1. The second kappa shape index (κ2) is 8.78. The molecule has 4 aliphatic rings. The van der Waals surface area contributed by atoms with Gasteiger partial charge in [-0.15, -0.1) is 5.10 Å². The van der Waals surface area contributed by atoms with Gasteiger partial charge in [-0.25, -0.2) is 18.4 Å². The maximum atomic E-state index is 15.2. The molecule has 1 aliphatic heterocycles. The Labute approximate surface area is 233 Å². The fourth-order valence-electron chi connectivity index (χ4n) is 6.41. The number of alkyl halides is 1. The number of anilines is 2. The highest BCUT2D eigenvalue weighted by atomic mass is 19.1. The number of amides is 1. The van der Waals surface area contributed by atoms with Crippen LogP contribution in [-0.2, 0) is 10.3 Å². The number of nitrogens with zero attached hydrogens (tertiary/aromatic N) is 6. The number of carbonyl (C=O) groups excluding carboxylic acids is 1. The Bertz CT molecular complexity index is 1720. The fourth-order valence-corrected chi connectivity index (χ4v) is 6.41. The molecular formula is C29H28F3N7O2. The van der Waals surface area contributed by atoms with Crippen LogP contribution in [-0.4, -0.2) is 62.8 Å². The van der Waals surface area contributed by atoms with E-state index in [1.54, 1.807) is 13.0 Å². The first-order chi connectivity index (χ1) is 19.8. The molecule has 3 saturated carbocycles. The summed E-state index contributed by atoms with van der Waals surface area (Å²) in [5, 5.41) is 11.4. The van der Waals surface area contributed by atoms with E-state index in [4.69, 9.17) is 14.8 Å².